The molecule has 0 atom stereocenters. The third kappa shape index (κ3) is 5.30. The van der Waals surface area contributed by atoms with E-state index in [1.165, 1.54) is 6.08 Å². The number of hydrogen-bond acceptors (Lipinski definition) is 4. The number of aromatic nitrogens is 1. The summed E-state index contributed by atoms with van der Waals surface area (Å²) < 4.78 is 5.86. The van der Waals surface area contributed by atoms with Crippen molar-refractivity contribution < 1.29 is 9.53 Å². The van der Waals surface area contributed by atoms with E-state index in [-0.39, 0.29) is 5.91 Å². The van der Waals surface area contributed by atoms with Crippen LogP contribution in [-0.2, 0) is 11.4 Å². The Balaban J connectivity index is 1.65. The van der Waals surface area contributed by atoms with Crippen LogP contribution in [0.1, 0.15) is 21.8 Å². The molecule has 2 aromatic carbocycles. The molecule has 0 bridgehead atoms. The summed E-state index contributed by atoms with van der Waals surface area (Å²) in [5, 5.41) is 5.78. The molecule has 3 aromatic rings. The molecule has 27 heavy (non-hydrogen) atoms. The van der Waals surface area contributed by atoms with Crippen LogP contribution in [0, 0.1) is 19.3 Å². The predicted octanol–water partition coefficient (Wildman–Crippen LogP) is 4.66. The summed E-state index contributed by atoms with van der Waals surface area (Å²) in [4.78, 5) is 16.6. The molecule has 0 radical (unpaired) electrons. The predicted molar refractivity (Wildman–Crippen MR) is 110 cm³/mol. The molecule has 0 aliphatic carbocycles. The van der Waals surface area contributed by atoms with Crippen molar-refractivity contribution in [2.45, 2.75) is 13.5 Å². The third-order valence-electron chi connectivity index (χ3n) is 3.67. The van der Waals surface area contributed by atoms with Crippen LogP contribution in [0.4, 0.5) is 5.69 Å². The first kappa shape index (κ1) is 18.4. The van der Waals surface area contributed by atoms with E-state index in [4.69, 9.17) is 11.2 Å². The van der Waals surface area contributed by atoms with Gasteiger partial charge in [-0.25, -0.2) is 4.98 Å². The van der Waals surface area contributed by atoms with Crippen molar-refractivity contribution in [2.24, 2.45) is 0 Å². The number of nitrogens with zero attached hydrogens (tertiary/aromatic N) is 1. The molecule has 0 aliphatic heterocycles. The topological polar surface area (TPSA) is 51.2 Å². The number of amides is 1. The minimum absolute atomic E-state index is 0.242. The lowest BCUT2D eigenvalue weighted by atomic mass is 10.2. The van der Waals surface area contributed by atoms with Crippen LogP contribution >= 0.6 is 11.3 Å². The van der Waals surface area contributed by atoms with E-state index in [0.29, 0.717) is 23.6 Å². The number of terminal acetylenes is 1. The van der Waals surface area contributed by atoms with Crippen molar-refractivity contribution in [1.82, 2.24) is 4.98 Å². The van der Waals surface area contributed by atoms with E-state index in [9.17, 15) is 4.79 Å². The second-order valence-electron chi connectivity index (χ2n) is 5.73. The van der Waals surface area contributed by atoms with Crippen molar-refractivity contribution in [3.8, 4) is 18.1 Å². The van der Waals surface area contributed by atoms with Crippen molar-refractivity contribution >= 4 is 29.0 Å². The quantitative estimate of drug-likeness (QED) is 0.504. The van der Waals surface area contributed by atoms with Gasteiger partial charge in [0.15, 0.2) is 0 Å². The van der Waals surface area contributed by atoms with E-state index in [2.05, 4.69) is 16.2 Å². The Morgan fingerprint density at radius 3 is 2.93 bits per heavy atom. The summed E-state index contributed by atoms with van der Waals surface area (Å²) in [6.45, 7) is 2.35. The molecule has 0 spiro atoms. The van der Waals surface area contributed by atoms with E-state index in [1.807, 2.05) is 42.6 Å². The minimum Gasteiger partial charge on any atom is -0.487 e. The number of thiazole rings is 1. The fourth-order valence-corrected chi connectivity index (χ4v) is 3.01. The Kier molecular flexibility index (Phi) is 6.03. The van der Waals surface area contributed by atoms with Gasteiger partial charge in [-0.05, 0) is 37.3 Å². The van der Waals surface area contributed by atoms with Crippen LogP contribution < -0.4 is 10.1 Å². The van der Waals surface area contributed by atoms with Gasteiger partial charge in [0, 0.05) is 28.3 Å². The third-order valence-corrected chi connectivity index (χ3v) is 4.49. The van der Waals surface area contributed by atoms with Crippen LogP contribution in [0.5, 0.6) is 5.75 Å². The van der Waals surface area contributed by atoms with Gasteiger partial charge in [-0.1, -0.05) is 30.2 Å². The first-order valence-corrected chi connectivity index (χ1v) is 9.20. The average Bonchev–Trinajstić information content (AvgIpc) is 3.10. The van der Waals surface area contributed by atoms with Crippen molar-refractivity contribution in [3.63, 3.8) is 0 Å². The summed E-state index contributed by atoms with van der Waals surface area (Å²) in [5.74, 6) is 3.00. The van der Waals surface area contributed by atoms with E-state index < -0.39 is 0 Å². The molecule has 3 rings (SSSR count). The average molecular weight is 374 g/mol. The summed E-state index contributed by atoms with van der Waals surface area (Å²) in [5.41, 5.74) is 3.08. The highest BCUT2D eigenvalue weighted by atomic mass is 32.1. The molecule has 0 saturated heterocycles. The van der Waals surface area contributed by atoms with E-state index in [1.54, 1.807) is 35.6 Å². The summed E-state index contributed by atoms with van der Waals surface area (Å²) in [6.07, 6.45) is 8.57. The number of hydrogen-bond donors (Lipinski definition) is 1. The van der Waals surface area contributed by atoms with Gasteiger partial charge in [-0.15, -0.1) is 17.8 Å². The Morgan fingerprint density at radius 1 is 1.30 bits per heavy atom. The lowest BCUT2D eigenvalue weighted by Gasteiger charge is -2.08. The standard InChI is InChI=1S/C22H18N2O2S/c1-3-17-7-6-9-19(13-17)24-22(25)12-11-18-8-4-5-10-21(18)26-14-20-15-27-16(2)23-20/h1,4-13,15H,14H2,2H3,(H,24,25)/b12-11-. The number of anilines is 1. The second kappa shape index (κ2) is 8.84. The molecule has 134 valence electrons. The number of benzene rings is 2. The van der Waals surface area contributed by atoms with Gasteiger partial charge in [0.2, 0.25) is 5.91 Å². The molecule has 0 saturated carbocycles. The number of nitrogens with one attached hydrogen (secondary N) is 1. The molecule has 4 nitrogen and oxygen atoms in total. The second-order valence-corrected chi connectivity index (χ2v) is 6.79. The Morgan fingerprint density at radius 2 is 2.15 bits per heavy atom. The summed E-state index contributed by atoms with van der Waals surface area (Å²) >= 11 is 1.59. The first-order chi connectivity index (χ1) is 13.1. The van der Waals surface area contributed by atoms with E-state index in [0.717, 1.165) is 16.3 Å². The smallest absolute Gasteiger partial charge is 0.248 e. The maximum atomic E-state index is 12.2. The zero-order valence-corrected chi connectivity index (χ0v) is 15.6. The Hall–Kier alpha value is -3.36. The highest BCUT2D eigenvalue weighted by Gasteiger charge is 2.04. The van der Waals surface area contributed by atoms with Gasteiger partial charge >= 0.3 is 0 Å². The van der Waals surface area contributed by atoms with Crippen LogP contribution in [0.2, 0.25) is 0 Å². The normalized spacial score (nSPS) is 10.5. The zero-order chi connectivity index (χ0) is 19.1. The lowest BCUT2D eigenvalue weighted by molar-refractivity contribution is -0.111. The van der Waals surface area contributed by atoms with Crippen LogP contribution in [-0.4, -0.2) is 10.9 Å². The van der Waals surface area contributed by atoms with Crippen molar-refractivity contribution in [1.29, 1.82) is 0 Å². The fourth-order valence-electron chi connectivity index (χ4n) is 2.41. The maximum Gasteiger partial charge on any atom is 0.248 e. The minimum atomic E-state index is -0.242. The fraction of sp³-hybridized carbons (Fsp3) is 0.0909. The summed E-state index contributed by atoms with van der Waals surface area (Å²) in [7, 11) is 0. The molecule has 1 amide bonds. The van der Waals surface area contributed by atoms with E-state index >= 15 is 0 Å². The van der Waals surface area contributed by atoms with Crippen molar-refractivity contribution in [2.75, 3.05) is 5.32 Å². The van der Waals surface area contributed by atoms with Crippen LogP contribution in [0.3, 0.4) is 0 Å². The molecule has 0 unspecified atom stereocenters. The molecule has 5 heteroatoms. The Bertz CT molecular complexity index is 1010. The van der Waals surface area contributed by atoms with Gasteiger partial charge in [0.25, 0.3) is 0 Å². The molecular weight excluding hydrogens is 356 g/mol. The number of ether oxygens (including phenoxy) is 1. The molecule has 1 heterocycles. The van der Waals surface area contributed by atoms with Gasteiger partial charge in [-0.2, -0.15) is 0 Å². The highest BCUT2D eigenvalue weighted by Crippen LogP contribution is 2.21. The van der Waals surface area contributed by atoms with Gasteiger partial charge in [0.05, 0.1) is 10.7 Å². The van der Waals surface area contributed by atoms with Crippen molar-refractivity contribution in [3.05, 3.63) is 81.8 Å². The number of carbonyl (C=O) groups excluding carboxylic acids is 1. The first-order valence-electron chi connectivity index (χ1n) is 8.32. The largest absolute Gasteiger partial charge is 0.487 e. The highest BCUT2D eigenvalue weighted by molar-refractivity contribution is 7.09. The lowest BCUT2D eigenvalue weighted by Crippen LogP contribution is -2.07. The number of rotatable bonds is 6. The number of para-hydroxylation sites is 1. The van der Waals surface area contributed by atoms with Gasteiger partial charge in [-0.3, -0.25) is 4.79 Å². The summed E-state index contributed by atoms with van der Waals surface area (Å²) in [6, 6.07) is 14.7. The van der Waals surface area contributed by atoms with Gasteiger partial charge in [0.1, 0.15) is 12.4 Å². The van der Waals surface area contributed by atoms with Crippen LogP contribution in [0.25, 0.3) is 6.08 Å². The molecule has 1 N–H and O–H groups in total. The molecule has 0 aliphatic rings. The van der Waals surface area contributed by atoms with Gasteiger partial charge < -0.3 is 10.1 Å². The monoisotopic (exact) mass is 374 g/mol. The zero-order valence-electron chi connectivity index (χ0n) is 14.8. The molecule has 1 aromatic heterocycles. The molecular formula is C22H18N2O2S. The SMILES string of the molecule is C#Cc1cccc(NC(=O)/C=C\c2ccccc2OCc2csc(C)n2)c1. The van der Waals surface area contributed by atoms with Crippen LogP contribution in [0.15, 0.2) is 60.0 Å². The maximum absolute atomic E-state index is 12.2. The number of carbonyl (C=O) groups is 1. The Labute approximate surface area is 162 Å². The molecule has 0 fully saturated rings. The number of aryl methyl sites for hydroxylation is 1.